The van der Waals surface area contributed by atoms with Gasteiger partial charge in [0.2, 0.25) is 0 Å². The van der Waals surface area contributed by atoms with Gasteiger partial charge in [-0.2, -0.15) is 10.2 Å². The number of hydrogen-bond donors (Lipinski definition) is 3. The minimum atomic E-state index is -0.896. The van der Waals surface area contributed by atoms with Gasteiger partial charge in [-0.15, -0.1) is 0 Å². The molecule has 3 N–H and O–H groups in total. The second-order valence-electron chi connectivity index (χ2n) is 9.32. The van der Waals surface area contributed by atoms with Gasteiger partial charge >= 0.3 is 0 Å². The minimum absolute atomic E-state index is 0.0707. The van der Waals surface area contributed by atoms with Crippen LogP contribution >= 0.6 is 0 Å². The Bertz CT molecular complexity index is 1370. The first-order chi connectivity index (χ1) is 17.9. The van der Waals surface area contributed by atoms with Crippen molar-refractivity contribution in [3.05, 3.63) is 54.5 Å². The Kier molecular flexibility index (Phi) is 7.33. The van der Waals surface area contributed by atoms with E-state index in [1.807, 2.05) is 17.7 Å². The lowest BCUT2D eigenvalue weighted by atomic mass is 9.93. The van der Waals surface area contributed by atoms with Crippen molar-refractivity contribution in [3.8, 4) is 17.0 Å². The normalized spacial score (nSPS) is 18.7. The Hall–Kier alpha value is -3.57. The quantitative estimate of drug-likeness (QED) is 0.312. The zero-order valence-corrected chi connectivity index (χ0v) is 20.5. The molecule has 9 nitrogen and oxygen atoms in total. The van der Waals surface area contributed by atoms with Gasteiger partial charge in [-0.3, -0.25) is 9.36 Å². The van der Waals surface area contributed by atoms with E-state index >= 15 is 0 Å². The fourth-order valence-corrected chi connectivity index (χ4v) is 4.82. The molecule has 0 amide bonds. The molecule has 196 valence electrons. The second kappa shape index (κ2) is 10.8. The number of aliphatic hydroxyl groups excluding tert-OH is 2. The summed E-state index contributed by atoms with van der Waals surface area (Å²) < 4.78 is 36.7. The van der Waals surface area contributed by atoms with Gasteiger partial charge in [-0.1, -0.05) is 0 Å². The number of pyridine rings is 1. The van der Waals surface area contributed by atoms with E-state index < -0.39 is 17.7 Å². The summed E-state index contributed by atoms with van der Waals surface area (Å²) >= 11 is 0. The summed E-state index contributed by atoms with van der Waals surface area (Å²) in [6.07, 6.45) is 7.22. The van der Waals surface area contributed by atoms with Crippen molar-refractivity contribution in [1.29, 1.82) is 0 Å². The third-order valence-electron chi connectivity index (χ3n) is 6.64. The lowest BCUT2D eigenvalue weighted by molar-refractivity contribution is 0.0783. The Morgan fingerprint density at radius 3 is 2.70 bits per heavy atom. The van der Waals surface area contributed by atoms with Gasteiger partial charge < -0.3 is 20.3 Å². The maximum atomic E-state index is 14.1. The summed E-state index contributed by atoms with van der Waals surface area (Å²) in [6, 6.07) is 5.47. The zero-order valence-electron chi connectivity index (χ0n) is 20.5. The van der Waals surface area contributed by atoms with Crippen molar-refractivity contribution in [2.45, 2.75) is 57.4 Å². The fourth-order valence-electron chi connectivity index (χ4n) is 4.82. The Balaban J connectivity index is 1.39. The van der Waals surface area contributed by atoms with Crippen LogP contribution in [0.4, 0.5) is 14.6 Å². The molecule has 1 atom stereocenters. The van der Waals surface area contributed by atoms with E-state index in [-0.39, 0.29) is 31.0 Å². The van der Waals surface area contributed by atoms with Gasteiger partial charge in [0.05, 0.1) is 43.1 Å². The average Bonchev–Trinajstić information content (AvgIpc) is 3.50. The molecule has 1 aromatic carbocycles. The van der Waals surface area contributed by atoms with Crippen LogP contribution in [0, 0.1) is 11.6 Å². The van der Waals surface area contributed by atoms with E-state index in [4.69, 9.17) is 14.9 Å². The monoisotopic (exact) mass is 512 g/mol. The van der Waals surface area contributed by atoms with Gasteiger partial charge in [-0.05, 0) is 44.7 Å². The number of nitrogens with zero attached hydrogens (tertiary/aromatic N) is 5. The molecule has 1 saturated carbocycles. The third-order valence-corrected chi connectivity index (χ3v) is 6.64. The van der Waals surface area contributed by atoms with Crippen molar-refractivity contribution in [3.63, 3.8) is 0 Å². The molecule has 0 unspecified atom stereocenters. The smallest absolute Gasteiger partial charge is 0.167 e. The van der Waals surface area contributed by atoms with Gasteiger partial charge in [0.1, 0.15) is 17.3 Å². The molecule has 1 aliphatic carbocycles. The number of anilines is 1. The molecule has 5 rings (SSSR count). The number of ether oxygens (including phenoxy) is 1. The standard InChI is InChI=1S/C26H30F2N6O3/c1-2-29-25-10-23-21(12-30-25)26(16-11-31-33(13-16)14-19(36)15-35)32-34(23)18-4-6-20(7-5-18)37-24-8-3-17(27)9-22(24)28/h3,8-13,18-20,35-36H,2,4-7,14-15H2,1H3,(H,29,30)/t18-,19-,20+/m1/s1. The predicted molar refractivity (Wildman–Crippen MR) is 134 cm³/mol. The van der Waals surface area contributed by atoms with E-state index in [1.165, 1.54) is 12.1 Å². The van der Waals surface area contributed by atoms with Crippen LogP contribution in [0.2, 0.25) is 0 Å². The van der Waals surface area contributed by atoms with Gasteiger partial charge in [0, 0.05) is 42.0 Å². The van der Waals surface area contributed by atoms with Crippen LogP contribution in [0.15, 0.2) is 42.9 Å². The van der Waals surface area contributed by atoms with Crippen LogP contribution in [-0.2, 0) is 6.54 Å². The van der Waals surface area contributed by atoms with Crippen LogP contribution in [0.5, 0.6) is 5.75 Å². The van der Waals surface area contributed by atoms with Crippen LogP contribution in [0.3, 0.4) is 0 Å². The zero-order chi connectivity index (χ0) is 25.9. The van der Waals surface area contributed by atoms with Gasteiger partial charge in [0.25, 0.3) is 0 Å². The van der Waals surface area contributed by atoms with Gasteiger partial charge in [0.15, 0.2) is 11.6 Å². The lowest BCUT2D eigenvalue weighted by Gasteiger charge is -2.29. The van der Waals surface area contributed by atoms with E-state index in [9.17, 15) is 13.9 Å². The largest absolute Gasteiger partial charge is 0.487 e. The Morgan fingerprint density at radius 1 is 1.16 bits per heavy atom. The van der Waals surface area contributed by atoms with Crippen LogP contribution < -0.4 is 10.1 Å². The van der Waals surface area contributed by atoms with Crippen molar-refractivity contribution in [2.75, 3.05) is 18.5 Å². The topological polar surface area (TPSA) is 110 Å². The third kappa shape index (κ3) is 5.42. The summed E-state index contributed by atoms with van der Waals surface area (Å²) in [6.45, 7) is 2.58. The molecule has 0 saturated heterocycles. The first kappa shape index (κ1) is 25.1. The van der Waals surface area contributed by atoms with E-state index in [1.54, 1.807) is 23.3 Å². The van der Waals surface area contributed by atoms with Crippen molar-refractivity contribution in [2.24, 2.45) is 0 Å². The molecule has 1 aliphatic rings. The molecule has 0 aliphatic heterocycles. The van der Waals surface area contributed by atoms with Crippen molar-refractivity contribution >= 4 is 16.7 Å². The molecule has 3 aromatic heterocycles. The summed E-state index contributed by atoms with van der Waals surface area (Å²) in [5.74, 6) is -0.494. The first-order valence-electron chi connectivity index (χ1n) is 12.5. The SMILES string of the molecule is CCNc1cc2c(cn1)c(-c1cnn(C[C@@H](O)CO)c1)nn2[C@H]1CC[C@@H](Oc2ccc(F)cc2F)CC1. The fraction of sp³-hybridized carbons (Fsp3) is 0.423. The maximum absolute atomic E-state index is 14.1. The highest BCUT2D eigenvalue weighted by molar-refractivity contribution is 5.93. The molecular weight excluding hydrogens is 482 g/mol. The number of fused-ring (bicyclic) bond motifs is 1. The summed E-state index contributed by atoms with van der Waals surface area (Å²) in [7, 11) is 0. The van der Waals surface area contributed by atoms with Crippen LogP contribution in [0.1, 0.15) is 38.6 Å². The van der Waals surface area contributed by atoms with Crippen molar-refractivity contribution < 1.29 is 23.7 Å². The molecule has 11 heteroatoms. The van der Waals surface area contributed by atoms with Crippen LogP contribution in [0.25, 0.3) is 22.2 Å². The number of aliphatic hydroxyl groups is 2. The summed E-state index contributed by atoms with van der Waals surface area (Å²) in [5.41, 5.74) is 2.47. The number of hydrogen-bond acceptors (Lipinski definition) is 7. The number of nitrogens with one attached hydrogen (secondary N) is 1. The van der Waals surface area contributed by atoms with E-state index in [0.29, 0.717) is 12.8 Å². The van der Waals surface area contributed by atoms with Gasteiger partial charge in [-0.25, -0.2) is 13.8 Å². The Labute approximate surface area is 212 Å². The molecular formula is C26H30F2N6O3. The number of halogens is 2. The summed E-state index contributed by atoms with van der Waals surface area (Å²) in [4.78, 5) is 4.54. The molecule has 4 aromatic rings. The number of aromatic nitrogens is 5. The molecule has 3 heterocycles. The lowest BCUT2D eigenvalue weighted by Crippen LogP contribution is -2.26. The first-order valence-corrected chi connectivity index (χ1v) is 12.5. The molecule has 0 radical (unpaired) electrons. The highest BCUT2D eigenvalue weighted by Gasteiger charge is 2.27. The number of benzene rings is 1. The molecule has 37 heavy (non-hydrogen) atoms. The summed E-state index contributed by atoms with van der Waals surface area (Å²) in [5, 5.41) is 32.3. The second-order valence-corrected chi connectivity index (χ2v) is 9.32. The highest BCUT2D eigenvalue weighted by Crippen LogP contribution is 2.36. The van der Waals surface area contributed by atoms with Crippen molar-refractivity contribution in [1.82, 2.24) is 24.5 Å². The molecule has 0 spiro atoms. The van der Waals surface area contributed by atoms with E-state index in [2.05, 4.69) is 15.4 Å². The molecule has 0 bridgehead atoms. The van der Waals surface area contributed by atoms with E-state index in [0.717, 1.165) is 53.4 Å². The minimum Gasteiger partial charge on any atom is -0.487 e. The highest BCUT2D eigenvalue weighted by atomic mass is 19.1. The molecule has 1 fully saturated rings. The average molecular weight is 513 g/mol. The number of rotatable bonds is 9. The maximum Gasteiger partial charge on any atom is 0.167 e. The Morgan fingerprint density at radius 2 is 1.97 bits per heavy atom. The van der Waals surface area contributed by atoms with Crippen LogP contribution in [-0.4, -0.2) is 60.1 Å². The predicted octanol–water partition coefficient (Wildman–Crippen LogP) is 3.92.